The molecule has 0 spiro atoms. The lowest BCUT2D eigenvalue weighted by Crippen LogP contribution is -2.12. The summed E-state index contributed by atoms with van der Waals surface area (Å²) in [6.07, 6.45) is 1.23. The van der Waals surface area contributed by atoms with Gasteiger partial charge in [0.15, 0.2) is 6.39 Å². The number of carbonyl (C=O) groups excluding carboxylic acids is 1. The molecular weight excluding hydrogens is 228 g/mol. The van der Waals surface area contributed by atoms with E-state index in [1.54, 1.807) is 31.2 Å². The van der Waals surface area contributed by atoms with Crippen molar-refractivity contribution in [2.24, 2.45) is 0 Å². The number of para-hydroxylation sites is 1. The first-order valence-electron chi connectivity index (χ1n) is 4.64. The topological polar surface area (TPSA) is 55.1 Å². The molecule has 1 heterocycles. The molecule has 0 aliphatic rings. The van der Waals surface area contributed by atoms with Crippen molar-refractivity contribution in [1.82, 2.24) is 4.98 Å². The lowest BCUT2D eigenvalue weighted by Gasteiger charge is -2.04. The van der Waals surface area contributed by atoms with Crippen LogP contribution in [0.15, 0.2) is 35.1 Å². The average Bonchev–Trinajstić information content (AvgIpc) is 2.68. The van der Waals surface area contributed by atoms with Gasteiger partial charge in [-0.15, -0.1) is 0 Å². The van der Waals surface area contributed by atoms with Gasteiger partial charge in [-0.05, 0) is 19.1 Å². The third kappa shape index (κ3) is 2.06. The van der Waals surface area contributed by atoms with E-state index in [9.17, 15) is 4.79 Å². The summed E-state index contributed by atoms with van der Waals surface area (Å²) in [6.45, 7) is 1.70. The number of halogens is 1. The van der Waals surface area contributed by atoms with Crippen LogP contribution in [0.3, 0.4) is 0 Å². The highest BCUT2D eigenvalue weighted by molar-refractivity contribution is 6.33. The van der Waals surface area contributed by atoms with Crippen molar-refractivity contribution in [2.75, 3.05) is 5.32 Å². The minimum absolute atomic E-state index is 0.194. The average molecular weight is 237 g/mol. The van der Waals surface area contributed by atoms with E-state index in [4.69, 9.17) is 16.0 Å². The minimum Gasteiger partial charge on any atom is -0.438 e. The molecule has 0 atom stereocenters. The summed E-state index contributed by atoms with van der Waals surface area (Å²) in [7, 11) is 0. The number of nitrogens with one attached hydrogen (secondary N) is 1. The number of aromatic nitrogens is 1. The molecule has 4 nitrogen and oxygen atoms in total. The van der Waals surface area contributed by atoms with E-state index in [1.165, 1.54) is 6.39 Å². The lowest BCUT2D eigenvalue weighted by molar-refractivity contribution is 0.0996. The SMILES string of the molecule is Cc1ncoc1C(=O)Nc1ccccc1Cl. The zero-order valence-electron chi connectivity index (χ0n) is 8.53. The van der Waals surface area contributed by atoms with Crippen LogP contribution >= 0.6 is 11.6 Å². The number of aryl methyl sites for hydroxylation is 1. The van der Waals surface area contributed by atoms with Crippen LogP contribution in [0.25, 0.3) is 0 Å². The number of nitrogens with zero attached hydrogens (tertiary/aromatic N) is 1. The first-order chi connectivity index (χ1) is 7.68. The standard InChI is InChI=1S/C11H9ClN2O2/c1-7-10(16-6-13-7)11(15)14-9-5-3-2-4-8(9)12/h2-6H,1H3,(H,14,15). The molecule has 1 aromatic heterocycles. The predicted molar refractivity (Wildman–Crippen MR) is 60.6 cm³/mol. The molecule has 0 bridgehead atoms. The fraction of sp³-hybridized carbons (Fsp3) is 0.0909. The van der Waals surface area contributed by atoms with Gasteiger partial charge >= 0.3 is 0 Å². The molecule has 2 aromatic rings. The first kappa shape index (κ1) is 10.7. The van der Waals surface area contributed by atoms with Gasteiger partial charge in [0.25, 0.3) is 5.91 Å². The molecule has 2 rings (SSSR count). The summed E-state index contributed by atoms with van der Waals surface area (Å²) in [4.78, 5) is 15.6. The molecule has 0 aliphatic heterocycles. The number of benzene rings is 1. The molecule has 1 amide bonds. The van der Waals surface area contributed by atoms with Crippen LogP contribution in [0.1, 0.15) is 16.2 Å². The maximum atomic E-state index is 11.7. The fourth-order valence-electron chi connectivity index (χ4n) is 1.26. The van der Waals surface area contributed by atoms with Crippen LogP contribution in [-0.4, -0.2) is 10.9 Å². The van der Waals surface area contributed by atoms with E-state index in [1.807, 2.05) is 0 Å². The Morgan fingerprint density at radius 3 is 2.81 bits per heavy atom. The Bertz CT molecular complexity index is 522. The molecule has 16 heavy (non-hydrogen) atoms. The normalized spacial score (nSPS) is 10.1. The Morgan fingerprint density at radius 2 is 2.19 bits per heavy atom. The summed E-state index contributed by atoms with van der Waals surface area (Å²) in [5.74, 6) is -0.164. The second-order valence-electron chi connectivity index (χ2n) is 3.20. The van der Waals surface area contributed by atoms with E-state index >= 15 is 0 Å². The van der Waals surface area contributed by atoms with Crippen molar-refractivity contribution in [3.05, 3.63) is 47.1 Å². The molecule has 0 radical (unpaired) electrons. The molecule has 1 N–H and O–H groups in total. The van der Waals surface area contributed by atoms with Crippen LogP contribution in [-0.2, 0) is 0 Å². The molecule has 82 valence electrons. The van der Waals surface area contributed by atoms with Gasteiger partial charge in [-0.3, -0.25) is 4.79 Å². The number of hydrogen-bond donors (Lipinski definition) is 1. The van der Waals surface area contributed by atoms with Crippen LogP contribution in [0.2, 0.25) is 5.02 Å². The summed E-state index contributed by atoms with van der Waals surface area (Å²) >= 11 is 5.91. The predicted octanol–water partition coefficient (Wildman–Crippen LogP) is 2.89. The second-order valence-corrected chi connectivity index (χ2v) is 3.61. The van der Waals surface area contributed by atoms with Gasteiger partial charge in [-0.25, -0.2) is 4.98 Å². The molecule has 0 saturated carbocycles. The molecule has 0 saturated heterocycles. The number of anilines is 1. The van der Waals surface area contributed by atoms with Crippen molar-refractivity contribution in [3.8, 4) is 0 Å². The van der Waals surface area contributed by atoms with Crippen LogP contribution < -0.4 is 5.32 Å². The Kier molecular flexibility index (Phi) is 2.92. The van der Waals surface area contributed by atoms with Gasteiger partial charge in [0.05, 0.1) is 16.4 Å². The zero-order chi connectivity index (χ0) is 11.5. The van der Waals surface area contributed by atoms with Gasteiger partial charge in [-0.2, -0.15) is 0 Å². The van der Waals surface area contributed by atoms with Crippen LogP contribution in [0, 0.1) is 6.92 Å². The third-order valence-electron chi connectivity index (χ3n) is 2.07. The van der Waals surface area contributed by atoms with Gasteiger partial charge < -0.3 is 9.73 Å². The number of carbonyl (C=O) groups is 1. The van der Waals surface area contributed by atoms with Gasteiger partial charge in [-0.1, -0.05) is 23.7 Å². The second kappa shape index (κ2) is 4.37. The smallest absolute Gasteiger partial charge is 0.293 e. The summed E-state index contributed by atoms with van der Waals surface area (Å²) in [5.41, 5.74) is 1.09. The van der Waals surface area contributed by atoms with Crippen LogP contribution in [0.4, 0.5) is 5.69 Å². The van der Waals surface area contributed by atoms with E-state index < -0.39 is 0 Å². The van der Waals surface area contributed by atoms with Gasteiger partial charge in [0, 0.05) is 0 Å². The summed E-state index contributed by atoms with van der Waals surface area (Å²) < 4.78 is 4.97. The lowest BCUT2D eigenvalue weighted by atomic mass is 10.3. The monoisotopic (exact) mass is 236 g/mol. The molecule has 5 heteroatoms. The zero-order valence-corrected chi connectivity index (χ0v) is 9.28. The molecule has 0 unspecified atom stereocenters. The number of rotatable bonds is 2. The van der Waals surface area contributed by atoms with Crippen molar-refractivity contribution in [3.63, 3.8) is 0 Å². The fourth-order valence-corrected chi connectivity index (χ4v) is 1.44. The molecule has 0 aliphatic carbocycles. The van der Waals surface area contributed by atoms with Crippen molar-refractivity contribution in [2.45, 2.75) is 6.92 Å². The van der Waals surface area contributed by atoms with Crippen molar-refractivity contribution in [1.29, 1.82) is 0 Å². The van der Waals surface area contributed by atoms with Gasteiger partial charge in [0.2, 0.25) is 5.76 Å². The van der Waals surface area contributed by atoms with E-state index in [2.05, 4.69) is 10.3 Å². The van der Waals surface area contributed by atoms with Crippen molar-refractivity contribution < 1.29 is 9.21 Å². The molecule has 1 aromatic carbocycles. The minimum atomic E-state index is -0.358. The van der Waals surface area contributed by atoms with E-state index in [0.29, 0.717) is 16.4 Å². The number of oxazole rings is 1. The Balaban J connectivity index is 2.21. The van der Waals surface area contributed by atoms with Gasteiger partial charge in [0.1, 0.15) is 0 Å². The van der Waals surface area contributed by atoms with Crippen molar-refractivity contribution >= 4 is 23.2 Å². The van der Waals surface area contributed by atoms with E-state index in [-0.39, 0.29) is 11.7 Å². The number of amides is 1. The molecular formula is C11H9ClN2O2. The maximum Gasteiger partial charge on any atom is 0.293 e. The third-order valence-corrected chi connectivity index (χ3v) is 2.40. The first-order valence-corrected chi connectivity index (χ1v) is 5.02. The van der Waals surface area contributed by atoms with Crippen LogP contribution in [0.5, 0.6) is 0 Å². The maximum absolute atomic E-state index is 11.7. The highest BCUT2D eigenvalue weighted by atomic mass is 35.5. The highest BCUT2D eigenvalue weighted by Gasteiger charge is 2.14. The number of hydrogen-bond acceptors (Lipinski definition) is 3. The van der Waals surface area contributed by atoms with E-state index in [0.717, 1.165) is 0 Å². The Labute approximate surface area is 97.2 Å². The largest absolute Gasteiger partial charge is 0.438 e. The highest BCUT2D eigenvalue weighted by Crippen LogP contribution is 2.21. The Hall–Kier alpha value is -1.81. The summed E-state index contributed by atoms with van der Waals surface area (Å²) in [5, 5.41) is 3.13. The molecule has 0 fully saturated rings. The quantitative estimate of drug-likeness (QED) is 0.872. The Morgan fingerprint density at radius 1 is 1.44 bits per heavy atom. The summed E-state index contributed by atoms with van der Waals surface area (Å²) in [6, 6.07) is 6.99.